The van der Waals surface area contributed by atoms with Crippen molar-refractivity contribution < 1.29 is 14.3 Å². The van der Waals surface area contributed by atoms with E-state index in [4.69, 9.17) is 10.5 Å². The molecular weight excluding hydrogens is 294 g/mol. The molecule has 7 heteroatoms. The van der Waals surface area contributed by atoms with Crippen molar-refractivity contribution >= 4 is 30.0 Å². The Balaban J connectivity index is 0.00000400. The Morgan fingerprint density at radius 1 is 1.38 bits per heavy atom. The third-order valence-corrected chi connectivity index (χ3v) is 2.50. The summed E-state index contributed by atoms with van der Waals surface area (Å²) < 4.78 is 4.89. The number of rotatable bonds is 6. The van der Waals surface area contributed by atoms with E-state index in [-0.39, 0.29) is 36.5 Å². The second kappa shape index (κ2) is 9.18. The van der Waals surface area contributed by atoms with E-state index in [1.54, 1.807) is 19.1 Å². The number of pyridine rings is 1. The number of carbonyl (C=O) groups is 2. The van der Waals surface area contributed by atoms with Crippen molar-refractivity contribution in [2.45, 2.75) is 20.8 Å². The Hall–Kier alpha value is -1.82. The highest BCUT2D eigenvalue weighted by atomic mass is 35.5. The number of nitrogens with two attached hydrogens (primary N) is 1. The minimum absolute atomic E-state index is 0. The number of anilines is 1. The number of hydrogen-bond donors (Lipinski definition) is 1. The average molecular weight is 316 g/mol. The number of ether oxygens (including phenoxy) is 1. The Bertz CT molecular complexity index is 463. The van der Waals surface area contributed by atoms with Crippen LogP contribution in [0.4, 0.5) is 5.69 Å². The molecule has 6 nitrogen and oxygen atoms in total. The Morgan fingerprint density at radius 3 is 2.52 bits per heavy atom. The maximum atomic E-state index is 12.3. The van der Waals surface area contributed by atoms with E-state index >= 15 is 0 Å². The summed E-state index contributed by atoms with van der Waals surface area (Å²) in [5.74, 6) is -0.481. The van der Waals surface area contributed by atoms with Crippen molar-refractivity contribution in [1.82, 2.24) is 9.88 Å². The van der Waals surface area contributed by atoms with E-state index in [0.29, 0.717) is 18.8 Å². The van der Waals surface area contributed by atoms with Crippen molar-refractivity contribution in [2.24, 2.45) is 5.92 Å². The van der Waals surface area contributed by atoms with E-state index in [1.807, 2.05) is 13.8 Å². The number of amides is 1. The molecule has 1 aromatic heterocycles. The number of nitrogen functional groups attached to an aromatic ring is 1. The summed E-state index contributed by atoms with van der Waals surface area (Å²) in [5.41, 5.74) is 6.30. The van der Waals surface area contributed by atoms with Crippen molar-refractivity contribution in [2.75, 3.05) is 25.4 Å². The molecule has 0 unspecified atom stereocenters. The van der Waals surface area contributed by atoms with Crippen LogP contribution in [-0.4, -0.2) is 41.5 Å². The van der Waals surface area contributed by atoms with Crippen LogP contribution in [0.5, 0.6) is 0 Å². The first-order valence-electron chi connectivity index (χ1n) is 6.60. The Morgan fingerprint density at radius 2 is 2.05 bits per heavy atom. The van der Waals surface area contributed by atoms with Crippen molar-refractivity contribution in [3.05, 3.63) is 24.0 Å². The van der Waals surface area contributed by atoms with Gasteiger partial charge in [-0.2, -0.15) is 0 Å². The number of halogens is 1. The second-order valence-corrected chi connectivity index (χ2v) is 4.86. The average Bonchev–Trinajstić information content (AvgIpc) is 2.38. The summed E-state index contributed by atoms with van der Waals surface area (Å²) in [5, 5.41) is 0. The highest BCUT2D eigenvalue weighted by Gasteiger charge is 2.21. The van der Waals surface area contributed by atoms with Gasteiger partial charge in [0.2, 0.25) is 0 Å². The molecule has 0 atom stereocenters. The lowest BCUT2D eigenvalue weighted by molar-refractivity contribution is -0.143. The zero-order chi connectivity index (χ0) is 15.1. The predicted molar refractivity (Wildman–Crippen MR) is 83.3 cm³/mol. The van der Waals surface area contributed by atoms with Gasteiger partial charge in [-0.1, -0.05) is 13.8 Å². The molecule has 1 aromatic rings. The van der Waals surface area contributed by atoms with Gasteiger partial charge < -0.3 is 15.4 Å². The Kier molecular flexibility index (Phi) is 8.38. The molecule has 0 saturated heterocycles. The first-order valence-corrected chi connectivity index (χ1v) is 6.60. The van der Waals surface area contributed by atoms with Crippen LogP contribution in [0.1, 0.15) is 31.3 Å². The van der Waals surface area contributed by atoms with Crippen LogP contribution in [0.25, 0.3) is 0 Å². The molecule has 21 heavy (non-hydrogen) atoms. The molecule has 2 N–H and O–H groups in total. The summed E-state index contributed by atoms with van der Waals surface area (Å²) in [6.07, 6.45) is 1.42. The third kappa shape index (κ3) is 6.44. The number of aromatic nitrogens is 1. The van der Waals surface area contributed by atoms with Gasteiger partial charge in [-0.05, 0) is 25.0 Å². The summed E-state index contributed by atoms with van der Waals surface area (Å²) >= 11 is 0. The third-order valence-electron chi connectivity index (χ3n) is 2.50. The zero-order valence-corrected chi connectivity index (χ0v) is 13.4. The van der Waals surface area contributed by atoms with Crippen LogP contribution in [0.2, 0.25) is 0 Å². The summed E-state index contributed by atoms with van der Waals surface area (Å²) in [4.78, 5) is 29.4. The van der Waals surface area contributed by atoms with Gasteiger partial charge in [-0.15, -0.1) is 12.4 Å². The lowest BCUT2D eigenvalue weighted by atomic mass is 10.2. The van der Waals surface area contributed by atoms with Crippen LogP contribution in [0.3, 0.4) is 0 Å². The van der Waals surface area contributed by atoms with E-state index in [0.717, 1.165) is 0 Å². The molecular formula is C14H22ClN3O3. The molecule has 1 amide bonds. The largest absolute Gasteiger partial charge is 0.465 e. The first kappa shape index (κ1) is 19.2. The monoisotopic (exact) mass is 315 g/mol. The van der Waals surface area contributed by atoms with Crippen molar-refractivity contribution in [3.8, 4) is 0 Å². The van der Waals surface area contributed by atoms with Gasteiger partial charge in [0.1, 0.15) is 12.2 Å². The molecule has 1 heterocycles. The van der Waals surface area contributed by atoms with E-state index < -0.39 is 5.97 Å². The van der Waals surface area contributed by atoms with Gasteiger partial charge in [0.15, 0.2) is 0 Å². The van der Waals surface area contributed by atoms with Gasteiger partial charge in [-0.25, -0.2) is 4.98 Å². The number of nitrogens with zero attached hydrogens (tertiary/aromatic N) is 2. The maximum absolute atomic E-state index is 12.3. The number of carbonyl (C=O) groups excluding carboxylic acids is 2. The molecule has 118 valence electrons. The minimum Gasteiger partial charge on any atom is -0.465 e. The van der Waals surface area contributed by atoms with Gasteiger partial charge in [0, 0.05) is 6.54 Å². The number of esters is 1. The highest BCUT2D eigenvalue weighted by molar-refractivity contribution is 5.94. The molecule has 0 spiro atoms. The van der Waals surface area contributed by atoms with Crippen LogP contribution in [0, 0.1) is 5.92 Å². The zero-order valence-electron chi connectivity index (χ0n) is 12.5. The summed E-state index contributed by atoms with van der Waals surface area (Å²) in [7, 11) is 0. The van der Waals surface area contributed by atoms with Gasteiger partial charge in [0.05, 0.1) is 18.5 Å². The first-order chi connectivity index (χ1) is 9.43. The van der Waals surface area contributed by atoms with Crippen LogP contribution in [0.15, 0.2) is 18.3 Å². The molecule has 0 fully saturated rings. The molecule has 1 rings (SSSR count). The van der Waals surface area contributed by atoms with Crippen LogP contribution in [-0.2, 0) is 9.53 Å². The van der Waals surface area contributed by atoms with Crippen LogP contribution < -0.4 is 5.73 Å². The fourth-order valence-electron chi connectivity index (χ4n) is 1.72. The molecule has 0 radical (unpaired) electrons. The van der Waals surface area contributed by atoms with Crippen molar-refractivity contribution in [1.29, 1.82) is 0 Å². The van der Waals surface area contributed by atoms with Gasteiger partial charge in [0.25, 0.3) is 5.91 Å². The molecule has 0 aromatic carbocycles. The van der Waals surface area contributed by atoms with E-state index in [9.17, 15) is 9.59 Å². The summed E-state index contributed by atoms with van der Waals surface area (Å²) in [6.45, 7) is 6.36. The molecule has 0 aliphatic rings. The van der Waals surface area contributed by atoms with E-state index in [1.165, 1.54) is 11.1 Å². The SMILES string of the molecule is CCOC(=O)CN(CC(C)C)C(=O)c1ccc(N)cn1.Cl. The fourth-order valence-corrected chi connectivity index (χ4v) is 1.72. The lowest BCUT2D eigenvalue weighted by Crippen LogP contribution is -2.39. The standard InChI is InChI=1S/C14H21N3O3.ClH/c1-4-20-13(18)9-17(8-10(2)3)14(19)12-6-5-11(15)7-16-12;/h5-7,10H,4,8-9,15H2,1-3H3;1H. The summed E-state index contributed by atoms with van der Waals surface area (Å²) in [6, 6.07) is 3.16. The molecule has 0 aliphatic carbocycles. The highest BCUT2D eigenvalue weighted by Crippen LogP contribution is 2.08. The Labute approximate surface area is 131 Å². The number of hydrogen-bond acceptors (Lipinski definition) is 5. The molecule has 0 bridgehead atoms. The van der Waals surface area contributed by atoms with Crippen LogP contribution >= 0.6 is 12.4 Å². The minimum atomic E-state index is -0.419. The molecule has 0 aliphatic heterocycles. The van der Waals surface area contributed by atoms with Gasteiger partial charge >= 0.3 is 5.97 Å². The molecule has 0 saturated carbocycles. The predicted octanol–water partition coefficient (Wildman–Crippen LogP) is 1.75. The topological polar surface area (TPSA) is 85.5 Å². The normalized spacial score (nSPS) is 9.90. The quantitative estimate of drug-likeness (QED) is 0.808. The smallest absolute Gasteiger partial charge is 0.325 e. The fraction of sp³-hybridized carbons (Fsp3) is 0.500. The second-order valence-electron chi connectivity index (χ2n) is 4.86. The lowest BCUT2D eigenvalue weighted by Gasteiger charge is -2.23. The maximum Gasteiger partial charge on any atom is 0.325 e. The van der Waals surface area contributed by atoms with Gasteiger partial charge in [-0.3, -0.25) is 9.59 Å². The van der Waals surface area contributed by atoms with Crippen molar-refractivity contribution in [3.63, 3.8) is 0 Å². The van der Waals surface area contributed by atoms with E-state index in [2.05, 4.69) is 4.98 Å².